The Hall–Kier alpha value is -3.54. The lowest BCUT2D eigenvalue weighted by molar-refractivity contribution is 0.101. The van der Waals surface area contributed by atoms with E-state index in [1.54, 1.807) is 32.8 Å². The van der Waals surface area contributed by atoms with E-state index in [-0.39, 0.29) is 5.78 Å². The van der Waals surface area contributed by atoms with Gasteiger partial charge in [0.05, 0.1) is 33.1 Å². The number of aryl methyl sites for hydroxylation is 1. The van der Waals surface area contributed by atoms with E-state index in [0.717, 1.165) is 50.0 Å². The highest BCUT2D eigenvalue weighted by Crippen LogP contribution is 2.39. The normalized spacial score (nSPS) is 13.9. The lowest BCUT2D eigenvalue weighted by Crippen LogP contribution is -2.05. The monoisotopic (exact) mass is 603 g/mol. The van der Waals surface area contributed by atoms with Crippen LogP contribution in [-0.2, 0) is 0 Å². The van der Waals surface area contributed by atoms with Gasteiger partial charge in [0.15, 0.2) is 28.8 Å². The van der Waals surface area contributed by atoms with E-state index in [9.17, 15) is 4.79 Å². The van der Waals surface area contributed by atoms with Crippen molar-refractivity contribution in [1.29, 1.82) is 0 Å². The smallest absolute Gasteiger partial charge is 0.163 e. The summed E-state index contributed by atoms with van der Waals surface area (Å²) >= 11 is 0. The predicted octanol–water partition coefficient (Wildman–Crippen LogP) is 10.3. The number of unbranched alkanes of at least 4 members (excludes halogenated alkanes) is 2. The molecule has 1 aliphatic rings. The van der Waals surface area contributed by atoms with Gasteiger partial charge in [-0.15, -0.1) is 0 Å². The first-order valence-electron chi connectivity index (χ1n) is 16.2. The molecule has 6 nitrogen and oxygen atoms in total. The van der Waals surface area contributed by atoms with Crippen molar-refractivity contribution >= 4 is 23.3 Å². The second-order valence-corrected chi connectivity index (χ2v) is 11.9. The second kappa shape index (κ2) is 17.7. The van der Waals surface area contributed by atoms with Crippen molar-refractivity contribution in [3.05, 3.63) is 58.2 Å². The van der Waals surface area contributed by atoms with E-state index < -0.39 is 0 Å². The summed E-state index contributed by atoms with van der Waals surface area (Å²) in [5.41, 5.74) is 7.90. The van der Waals surface area contributed by atoms with Crippen molar-refractivity contribution in [2.24, 2.45) is 10.9 Å². The first-order valence-corrected chi connectivity index (χ1v) is 16.2. The summed E-state index contributed by atoms with van der Waals surface area (Å²) < 4.78 is 23.5. The van der Waals surface area contributed by atoms with E-state index in [1.165, 1.54) is 41.5 Å². The number of carbonyl (C=O) groups excluding carboxylic acids is 1. The van der Waals surface area contributed by atoms with Crippen molar-refractivity contribution in [1.82, 2.24) is 0 Å². The van der Waals surface area contributed by atoms with Crippen LogP contribution in [0.5, 0.6) is 23.0 Å². The number of Topliss-reactive ketones (excluding diaryl/α,β-unsaturated/α-hetero) is 1. The summed E-state index contributed by atoms with van der Waals surface area (Å²) in [5, 5.41) is 0. The van der Waals surface area contributed by atoms with Crippen LogP contribution in [-0.4, -0.2) is 39.4 Å². The summed E-state index contributed by atoms with van der Waals surface area (Å²) in [4.78, 5) is 17.2. The maximum Gasteiger partial charge on any atom is 0.163 e. The number of rotatable bonds is 18. The molecule has 1 aliphatic carbocycles. The first kappa shape index (κ1) is 34.9. The van der Waals surface area contributed by atoms with Gasteiger partial charge in [0.2, 0.25) is 0 Å². The highest BCUT2D eigenvalue weighted by molar-refractivity contribution is 6.00. The molecule has 0 radical (unpaired) electrons. The number of ether oxygens (including phenoxy) is 4. The van der Waals surface area contributed by atoms with Crippen LogP contribution in [0.4, 0.5) is 5.69 Å². The summed E-state index contributed by atoms with van der Waals surface area (Å²) in [5.74, 6) is 2.99. The van der Waals surface area contributed by atoms with Gasteiger partial charge in [-0.25, -0.2) is 0 Å². The molecular weight excluding hydrogens is 550 g/mol. The van der Waals surface area contributed by atoms with E-state index >= 15 is 0 Å². The molecule has 2 aromatic rings. The zero-order valence-electron chi connectivity index (χ0n) is 28.3. The first-order chi connectivity index (χ1) is 21.2. The number of benzene rings is 2. The number of ketones is 1. The van der Waals surface area contributed by atoms with Crippen LogP contribution >= 0.6 is 0 Å². The topological polar surface area (TPSA) is 66.3 Å². The van der Waals surface area contributed by atoms with Gasteiger partial charge in [-0.1, -0.05) is 30.6 Å². The number of aliphatic imine (C=N–C) groups is 1. The van der Waals surface area contributed by atoms with Crippen molar-refractivity contribution < 1.29 is 23.7 Å². The quantitative estimate of drug-likeness (QED) is 0.0734. The summed E-state index contributed by atoms with van der Waals surface area (Å²) in [6.07, 6.45) is 13.6. The lowest BCUT2D eigenvalue weighted by atomic mass is 9.85. The van der Waals surface area contributed by atoms with Gasteiger partial charge >= 0.3 is 0 Å². The molecule has 0 aliphatic heterocycles. The minimum absolute atomic E-state index is 0.0503. The third kappa shape index (κ3) is 9.73. The molecule has 0 aromatic heterocycles. The fourth-order valence-corrected chi connectivity index (χ4v) is 5.53. The predicted molar refractivity (Wildman–Crippen MR) is 183 cm³/mol. The maximum absolute atomic E-state index is 12.4. The van der Waals surface area contributed by atoms with Crippen molar-refractivity contribution in [2.75, 3.05) is 27.4 Å². The van der Waals surface area contributed by atoms with Crippen molar-refractivity contribution in [2.45, 2.75) is 99.3 Å². The summed E-state index contributed by atoms with van der Waals surface area (Å²) in [6, 6.07) is 7.80. The Kier molecular flexibility index (Phi) is 14.0. The summed E-state index contributed by atoms with van der Waals surface area (Å²) in [6.45, 7) is 13.5. The molecule has 2 aromatic carbocycles. The molecule has 0 bridgehead atoms. The Morgan fingerprint density at radius 1 is 0.886 bits per heavy atom. The molecule has 0 N–H and O–H groups in total. The Labute approximate surface area is 265 Å². The molecule has 240 valence electrons. The van der Waals surface area contributed by atoms with Crippen LogP contribution in [0.3, 0.4) is 0 Å². The van der Waals surface area contributed by atoms with E-state index in [4.69, 9.17) is 23.9 Å². The highest BCUT2D eigenvalue weighted by Gasteiger charge is 2.18. The standard InChI is InChI=1S/C38H53NO5/c1-9-15-30(20-26(3)10-2)25-39-34-24-38(36(42-8)23-33(34)29(6)40)44-19-13-11-12-18-43-37-21-27(4)32(22-35(37)41-7)28(5)31-16-14-17-31/h10,21-25,30H,9,11-20H2,1-8H3/b26-10-,39-25?. The van der Waals surface area contributed by atoms with E-state index in [0.29, 0.717) is 41.9 Å². The average Bonchev–Trinajstić information content (AvgIpc) is 2.98. The highest BCUT2D eigenvalue weighted by atomic mass is 16.5. The molecule has 44 heavy (non-hydrogen) atoms. The molecule has 0 saturated heterocycles. The largest absolute Gasteiger partial charge is 0.493 e. The van der Waals surface area contributed by atoms with Gasteiger partial charge in [-0.2, -0.15) is 0 Å². The molecule has 1 fully saturated rings. The molecular formula is C38H53NO5. The second-order valence-electron chi connectivity index (χ2n) is 11.9. The van der Waals surface area contributed by atoms with Gasteiger partial charge in [0.25, 0.3) is 0 Å². The average molecular weight is 604 g/mol. The van der Waals surface area contributed by atoms with Gasteiger partial charge in [-0.05, 0) is 127 Å². The lowest BCUT2D eigenvalue weighted by Gasteiger charge is -2.22. The fraction of sp³-hybridized carbons (Fsp3) is 0.526. The summed E-state index contributed by atoms with van der Waals surface area (Å²) in [7, 11) is 3.30. The number of carbonyl (C=O) groups is 1. The Morgan fingerprint density at radius 3 is 2.02 bits per heavy atom. The molecule has 1 saturated carbocycles. The zero-order valence-corrected chi connectivity index (χ0v) is 28.3. The fourth-order valence-electron chi connectivity index (χ4n) is 5.53. The number of nitrogens with zero attached hydrogens (tertiary/aromatic N) is 1. The SMILES string of the molecule is C/C=C(/C)CC(C=Nc1cc(OCCCCCOc2cc(C)c(C(C)=C3CCC3)cc2OC)c(OC)cc1C(C)=O)CCC. The third-order valence-electron chi connectivity index (χ3n) is 8.53. The van der Waals surface area contributed by atoms with E-state index in [1.807, 2.05) is 12.3 Å². The van der Waals surface area contributed by atoms with Gasteiger partial charge in [0.1, 0.15) is 0 Å². The van der Waals surface area contributed by atoms with Gasteiger partial charge < -0.3 is 18.9 Å². The van der Waals surface area contributed by atoms with Crippen LogP contribution < -0.4 is 18.9 Å². The van der Waals surface area contributed by atoms with Crippen LogP contribution in [0, 0.1) is 12.8 Å². The Morgan fingerprint density at radius 2 is 1.50 bits per heavy atom. The molecule has 0 amide bonds. The van der Waals surface area contributed by atoms with Crippen LogP contribution in [0.1, 0.15) is 114 Å². The number of hydrogen-bond acceptors (Lipinski definition) is 6. The van der Waals surface area contributed by atoms with Gasteiger partial charge in [0, 0.05) is 17.8 Å². The number of allylic oxidation sites excluding steroid dienone is 4. The number of hydrogen-bond donors (Lipinski definition) is 0. The van der Waals surface area contributed by atoms with E-state index in [2.05, 4.69) is 52.8 Å². The zero-order chi connectivity index (χ0) is 32.1. The Bertz CT molecular complexity index is 1350. The third-order valence-corrected chi connectivity index (χ3v) is 8.53. The van der Waals surface area contributed by atoms with Crippen molar-refractivity contribution in [3.63, 3.8) is 0 Å². The maximum atomic E-state index is 12.4. The van der Waals surface area contributed by atoms with Gasteiger partial charge in [-0.3, -0.25) is 9.79 Å². The Balaban J connectivity index is 1.57. The van der Waals surface area contributed by atoms with Crippen LogP contribution in [0.15, 0.2) is 46.5 Å². The molecule has 1 unspecified atom stereocenters. The minimum Gasteiger partial charge on any atom is -0.493 e. The molecule has 6 heteroatoms. The molecule has 3 rings (SSSR count). The van der Waals surface area contributed by atoms with Crippen molar-refractivity contribution in [3.8, 4) is 23.0 Å². The number of methoxy groups -OCH3 is 2. The molecule has 1 atom stereocenters. The molecule has 0 spiro atoms. The van der Waals surface area contributed by atoms with Crippen LogP contribution in [0.2, 0.25) is 0 Å². The molecule has 0 heterocycles. The van der Waals surface area contributed by atoms with Crippen LogP contribution in [0.25, 0.3) is 5.57 Å². The minimum atomic E-state index is -0.0503.